The fourth-order valence-corrected chi connectivity index (χ4v) is 1.64. The standard InChI is InChI=1S/C10H8ClNO2/c1-14-10-3-9-7(2-8(10)11)6(5-13)4-12-9/h2-5,12H,1H3. The predicted molar refractivity (Wildman–Crippen MR) is 55.2 cm³/mol. The molecule has 0 aliphatic carbocycles. The van der Waals surface area contributed by atoms with Crippen molar-refractivity contribution in [2.24, 2.45) is 0 Å². The molecule has 14 heavy (non-hydrogen) atoms. The number of fused-ring (bicyclic) bond motifs is 1. The molecule has 4 heteroatoms. The minimum Gasteiger partial charge on any atom is -0.495 e. The molecule has 0 unspecified atom stereocenters. The van der Waals surface area contributed by atoms with Crippen molar-refractivity contribution in [2.45, 2.75) is 0 Å². The van der Waals surface area contributed by atoms with Crippen LogP contribution in [-0.4, -0.2) is 18.4 Å². The van der Waals surface area contributed by atoms with Gasteiger partial charge < -0.3 is 9.72 Å². The number of ether oxygens (including phenoxy) is 1. The third-order valence-corrected chi connectivity index (χ3v) is 2.41. The number of H-pyrrole nitrogens is 1. The van der Waals surface area contributed by atoms with E-state index in [1.165, 1.54) is 0 Å². The second-order valence-electron chi connectivity index (χ2n) is 2.89. The van der Waals surface area contributed by atoms with Crippen molar-refractivity contribution in [3.05, 3.63) is 28.9 Å². The largest absolute Gasteiger partial charge is 0.495 e. The zero-order valence-corrected chi connectivity index (χ0v) is 8.26. The van der Waals surface area contributed by atoms with Gasteiger partial charge in [0.05, 0.1) is 12.1 Å². The molecule has 0 saturated heterocycles. The van der Waals surface area contributed by atoms with Gasteiger partial charge in [-0.05, 0) is 6.07 Å². The van der Waals surface area contributed by atoms with E-state index < -0.39 is 0 Å². The Kier molecular flexibility index (Phi) is 2.17. The summed E-state index contributed by atoms with van der Waals surface area (Å²) in [6, 6.07) is 3.49. The Labute approximate surface area is 85.6 Å². The van der Waals surface area contributed by atoms with Gasteiger partial charge in [-0.15, -0.1) is 0 Å². The van der Waals surface area contributed by atoms with Crippen molar-refractivity contribution < 1.29 is 9.53 Å². The van der Waals surface area contributed by atoms with E-state index in [9.17, 15) is 4.79 Å². The number of hydrogen-bond donors (Lipinski definition) is 1. The van der Waals surface area contributed by atoms with E-state index in [4.69, 9.17) is 16.3 Å². The molecule has 1 N–H and O–H groups in total. The Morgan fingerprint density at radius 2 is 2.29 bits per heavy atom. The van der Waals surface area contributed by atoms with Crippen LogP contribution in [-0.2, 0) is 0 Å². The number of hydrogen-bond acceptors (Lipinski definition) is 2. The van der Waals surface area contributed by atoms with E-state index in [0.717, 1.165) is 17.2 Å². The van der Waals surface area contributed by atoms with Gasteiger partial charge in [0.25, 0.3) is 0 Å². The van der Waals surface area contributed by atoms with Gasteiger partial charge in [0.1, 0.15) is 5.75 Å². The van der Waals surface area contributed by atoms with Gasteiger partial charge in [0.15, 0.2) is 6.29 Å². The Morgan fingerprint density at radius 3 is 2.93 bits per heavy atom. The first-order valence-electron chi connectivity index (χ1n) is 4.06. The Hall–Kier alpha value is -1.48. The highest BCUT2D eigenvalue weighted by molar-refractivity contribution is 6.33. The van der Waals surface area contributed by atoms with E-state index in [2.05, 4.69) is 4.98 Å². The van der Waals surface area contributed by atoms with Crippen molar-refractivity contribution in [3.63, 3.8) is 0 Å². The van der Waals surface area contributed by atoms with Gasteiger partial charge in [0.2, 0.25) is 0 Å². The lowest BCUT2D eigenvalue weighted by Gasteiger charge is -2.02. The topological polar surface area (TPSA) is 42.1 Å². The number of carbonyl (C=O) groups is 1. The van der Waals surface area contributed by atoms with Crippen LogP contribution in [0.2, 0.25) is 5.02 Å². The summed E-state index contributed by atoms with van der Waals surface area (Å²) in [6.07, 6.45) is 2.44. The number of benzene rings is 1. The van der Waals surface area contributed by atoms with Crippen molar-refractivity contribution in [3.8, 4) is 5.75 Å². The number of carbonyl (C=O) groups excluding carboxylic acids is 1. The third-order valence-electron chi connectivity index (χ3n) is 2.11. The summed E-state index contributed by atoms with van der Waals surface area (Å²) in [5.74, 6) is 0.596. The Morgan fingerprint density at radius 1 is 1.50 bits per heavy atom. The number of methoxy groups -OCH3 is 1. The minimum atomic E-state index is 0.503. The highest BCUT2D eigenvalue weighted by Crippen LogP contribution is 2.30. The maximum atomic E-state index is 10.7. The van der Waals surface area contributed by atoms with Crippen LogP contribution in [0, 0.1) is 0 Å². The molecule has 1 aromatic heterocycles. The van der Waals surface area contributed by atoms with E-state index in [1.54, 1.807) is 25.4 Å². The van der Waals surface area contributed by atoms with Crippen molar-refractivity contribution in [2.75, 3.05) is 7.11 Å². The first kappa shape index (κ1) is 9.09. The van der Waals surface area contributed by atoms with Crippen LogP contribution in [0.4, 0.5) is 0 Å². The number of rotatable bonds is 2. The lowest BCUT2D eigenvalue weighted by atomic mass is 10.2. The molecule has 1 aromatic carbocycles. The fraction of sp³-hybridized carbons (Fsp3) is 0.100. The Balaban J connectivity index is 2.75. The summed E-state index contributed by atoms with van der Waals surface area (Å²) >= 11 is 5.93. The highest BCUT2D eigenvalue weighted by atomic mass is 35.5. The molecule has 0 atom stereocenters. The summed E-state index contributed by atoms with van der Waals surface area (Å²) in [5, 5.41) is 1.31. The number of nitrogens with one attached hydrogen (secondary N) is 1. The molecule has 3 nitrogen and oxygen atoms in total. The number of aldehydes is 1. The van der Waals surface area contributed by atoms with E-state index in [1.807, 2.05) is 0 Å². The van der Waals surface area contributed by atoms with Crippen LogP contribution in [0.5, 0.6) is 5.75 Å². The van der Waals surface area contributed by atoms with Crippen LogP contribution in [0.1, 0.15) is 10.4 Å². The summed E-state index contributed by atoms with van der Waals surface area (Å²) in [5.41, 5.74) is 1.44. The van der Waals surface area contributed by atoms with Crippen molar-refractivity contribution >= 4 is 28.8 Å². The smallest absolute Gasteiger partial charge is 0.152 e. The molecule has 0 spiro atoms. The summed E-state index contributed by atoms with van der Waals surface area (Å²) in [6.45, 7) is 0. The van der Waals surface area contributed by atoms with Crippen LogP contribution in [0.3, 0.4) is 0 Å². The van der Waals surface area contributed by atoms with Crippen molar-refractivity contribution in [1.29, 1.82) is 0 Å². The molecule has 2 rings (SSSR count). The minimum absolute atomic E-state index is 0.503. The zero-order valence-electron chi connectivity index (χ0n) is 7.50. The SMILES string of the molecule is COc1cc2[nH]cc(C=O)c2cc1Cl. The van der Waals surface area contributed by atoms with Crippen LogP contribution < -0.4 is 4.74 Å². The summed E-state index contributed by atoms with van der Waals surface area (Å²) < 4.78 is 5.06. The Bertz CT molecular complexity index is 490. The molecule has 0 saturated carbocycles. The fourth-order valence-electron chi connectivity index (χ4n) is 1.40. The zero-order chi connectivity index (χ0) is 10.1. The molecule has 0 radical (unpaired) electrons. The first-order valence-corrected chi connectivity index (χ1v) is 4.44. The van der Waals surface area contributed by atoms with Gasteiger partial charge in [-0.1, -0.05) is 11.6 Å². The van der Waals surface area contributed by atoms with Crippen LogP contribution in [0.15, 0.2) is 18.3 Å². The summed E-state index contributed by atoms with van der Waals surface area (Å²) in [4.78, 5) is 13.6. The molecule has 0 bridgehead atoms. The number of aromatic nitrogens is 1. The lowest BCUT2D eigenvalue weighted by molar-refractivity contribution is 0.112. The van der Waals surface area contributed by atoms with Crippen molar-refractivity contribution in [1.82, 2.24) is 4.98 Å². The van der Waals surface area contributed by atoms with Gasteiger partial charge >= 0.3 is 0 Å². The molecule has 0 aliphatic rings. The molecular formula is C10H8ClNO2. The lowest BCUT2D eigenvalue weighted by Crippen LogP contribution is -1.84. The second-order valence-corrected chi connectivity index (χ2v) is 3.30. The second kappa shape index (κ2) is 3.35. The average molecular weight is 210 g/mol. The van der Waals surface area contributed by atoms with Gasteiger partial charge in [-0.3, -0.25) is 4.79 Å². The van der Waals surface area contributed by atoms with Crippen LogP contribution in [0.25, 0.3) is 10.9 Å². The predicted octanol–water partition coefficient (Wildman–Crippen LogP) is 2.64. The van der Waals surface area contributed by atoms with Crippen LogP contribution >= 0.6 is 11.6 Å². The van der Waals surface area contributed by atoms with Gasteiger partial charge in [-0.2, -0.15) is 0 Å². The molecule has 0 amide bonds. The van der Waals surface area contributed by atoms with Gasteiger partial charge in [-0.25, -0.2) is 0 Å². The number of halogens is 1. The quantitative estimate of drug-likeness (QED) is 0.773. The van der Waals surface area contributed by atoms with Gasteiger partial charge in [0, 0.05) is 28.7 Å². The third kappa shape index (κ3) is 1.26. The van der Waals surface area contributed by atoms with E-state index in [-0.39, 0.29) is 0 Å². The summed E-state index contributed by atoms with van der Waals surface area (Å²) in [7, 11) is 1.55. The molecule has 1 heterocycles. The van der Waals surface area contributed by atoms with E-state index in [0.29, 0.717) is 16.3 Å². The average Bonchev–Trinajstić information content (AvgIpc) is 2.58. The molecule has 0 fully saturated rings. The molecule has 0 aliphatic heterocycles. The molecular weight excluding hydrogens is 202 g/mol. The first-order chi connectivity index (χ1) is 6.76. The molecule has 72 valence electrons. The van der Waals surface area contributed by atoms with E-state index >= 15 is 0 Å². The maximum Gasteiger partial charge on any atom is 0.152 e. The molecule has 2 aromatic rings. The monoisotopic (exact) mass is 209 g/mol. The number of aromatic amines is 1. The maximum absolute atomic E-state index is 10.7. The normalized spacial score (nSPS) is 10.4. The highest BCUT2D eigenvalue weighted by Gasteiger charge is 2.07.